The van der Waals surface area contributed by atoms with E-state index in [2.05, 4.69) is 68.8 Å². The summed E-state index contributed by atoms with van der Waals surface area (Å²) >= 11 is 0. The minimum absolute atomic E-state index is 0.0218. The molecule has 7 rings (SSSR count). The van der Waals surface area contributed by atoms with Gasteiger partial charge in [-0.3, -0.25) is 20.0 Å². The molecule has 3 unspecified atom stereocenters. The van der Waals surface area contributed by atoms with Gasteiger partial charge in [0.15, 0.2) is 0 Å². The number of aliphatic imine (C=N–C) groups is 2. The Kier molecular flexibility index (Phi) is 3.91. The van der Waals surface area contributed by atoms with E-state index in [0.717, 1.165) is 45.9 Å². The minimum atomic E-state index is 0.0218. The smallest absolute Gasteiger partial charge is 0.118 e. The number of anilines is 2. The number of dihydropyridines is 1. The van der Waals surface area contributed by atoms with Crippen LogP contribution in [0.3, 0.4) is 0 Å². The van der Waals surface area contributed by atoms with Crippen molar-refractivity contribution < 1.29 is 0 Å². The maximum absolute atomic E-state index is 4.75. The third kappa shape index (κ3) is 2.61. The molecule has 0 fully saturated rings. The first-order valence-corrected chi connectivity index (χ1v) is 11.4. The SMILES string of the molecule is CC1CC=Nc2c1n(-c1cccc(N3c4cccnc4C4N=CC=CC43)c1)c1cccnc21. The molecule has 0 N–H and O–H groups in total. The molecule has 0 saturated heterocycles. The summed E-state index contributed by atoms with van der Waals surface area (Å²) in [4.78, 5) is 21.2. The summed E-state index contributed by atoms with van der Waals surface area (Å²) in [6.07, 6.45) is 12.8. The summed E-state index contributed by atoms with van der Waals surface area (Å²) in [6, 6.07) is 17.2. The highest BCUT2D eigenvalue weighted by atomic mass is 15.2. The highest BCUT2D eigenvalue weighted by molar-refractivity contribution is 5.95. The number of rotatable bonds is 2. The van der Waals surface area contributed by atoms with E-state index in [1.165, 1.54) is 5.69 Å². The van der Waals surface area contributed by atoms with E-state index in [9.17, 15) is 0 Å². The van der Waals surface area contributed by atoms with Gasteiger partial charge in [0.05, 0.1) is 28.6 Å². The van der Waals surface area contributed by atoms with Gasteiger partial charge in [-0.05, 0) is 55.0 Å². The summed E-state index contributed by atoms with van der Waals surface area (Å²) < 4.78 is 2.34. The normalized spacial score (nSPS) is 22.5. The maximum Gasteiger partial charge on any atom is 0.118 e. The van der Waals surface area contributed by atoms with E-state index in [4.69, 9.17) is 9.98 Å². The van der Waals surface area contributed by atoms with Crippen molar-refractivity contribution in [3.05, 3.63) is 84.5 Å². The molecule has 6 nitrogen and oxygen atoms in total. The molecular weight excluding hydrogens is 408 g/mol. The van der Waals surface area contributed by atoms with Crippen molar-refractivity contribution in [2.24, 2.45) is 9.98 Å². The lowest BCUT2D eigenvalue weighted by atomic mass is 10.0. The molecule has 0 saturated carbocycles. The van der Waals surface area contributed by atoms with Crippen LogP contribution in [0.4, 0.5) is 17.1 Å². The quantitative estimate of drug-likeness (QED) is 0.402. The first-order valence-electron chi connectivity index (χ1n) is 11.4. The zero-order valence-electron chi connectivity index (χ0n) is 18.2. The Hall–Kier alpha value is -4.06. The Morgan fingerprint density at radius 1 is 0.970 bits per heavy atom. The highest BCUT2D eigenvalue weighted by Crippen LogP contribution is 2.47. The second kappa shape index (κ2) is 6.97. The number of benzene rings is 1. The van der Waals surface area contributed by atoms with Gasteiger partial charge in [0.2, 0.25) is 0 Å². The van der Waals surface area contributed by atoms with Crippen LogP contribution in [0.2, 0.25) is 0 Å². The third-order valence-electron chi connectivity index (χ3n) is 6.87. The molecule has 0 aliphatic carbocycles. The number of allylic oxidation sites excluding steroid dienone is 1. The second-order valence-electron chi connectivity index (χ2n) is 8.80. The van der Waals surface area contributed by atoms with E-state index in [-0.39, 0.29) is 12.1 Å². The number of aromatic nitrogens is 3. The van der Waals surface area contributed by atoms with Gasteiger partial charge in [0.25, 0.3) is 0 Å². The first kappa shape index (κ1) is 18.5. The van der Waals surface area contributed by atoms with Gasteiger partial charge in [-0.25, -0.2) is 0 Å². The molecule has 0 bridgehead atoms. The molecule has 33 heavy (non-hydrogen) atoms. The topological polar surface area (TPSA) is 58.7 Å². The Bertz CT molecular complexity index is 1490. The maximum atomic E-state index is 4.75. The number of hydrogen-bond donors (Lipinski definition) is 0. The Morgan fingerprint density at radius 3 is 2.82 bits per heavy atom. The predicted molar refractivity (Wildman–Crippen MR) is 133 cm³/mol. The average Bonchev–Trinajstić information content (AvgIpc) is 3.38. The van der Waals surface area contributed by atoms with Gasteiger partial charge in [0, 0.05) is 42.1 Å². The number of fused-ring (bicyclic) bond motifs is 6. The largest absolute Gasteiger partial charge is 0.330 e. The minimum Gasteiger partial charge on any atom is -0.330 e. The van der Waals surface area contributed by atoms with Crippen molar-refractivity contribution in [2.75, 3.05) is 4.90 Å². The number of pyridine rings is 2. The lowest BCUT2D eigenvalue weighted by Crippen LogP contribution is -2.29. The average molecular weight is 431 g/mol. The summed E-state index contributed by atoms with van der Waals surface area (Å²) in [5, 5.41) is 0. The fourth-order valence-electron chi connectivity index (χ4n) is 5.44. The van der Waals surface area contributed by atoms with Gasteiger partial charge >= 0.3 is 0 Å². The van der Waals surface area contributed by atoms with Crippen LogP contribution in [0.5, 0.6) is 0 Å². The molecule has 3 aliphatic heterocycles. The van der Waals surface area contributed by atoms with Crippen LogP contribution < -0.4 is 4.90 Å². The molecule has 0 radical (unpaired) electrons. The molecule has 6 heteroatoms. The van der Waals surface area contributed by atoms with Crippen molar-refractivity contribution >= 4 is 40.5 Å². The predicted octanol–water partition coefficient (Wildman–Crippen LogP) is 5.83. The van der Waals surface area contributed by atoms with E-state index < -0.39 is 0 Å². The lowest BCUT2D eigenvalue weighted by Gasteiger charge is -2.28. The van der Waals surface area contributed by atoms with Crippen LogP contribution in [0.1, 0.15) is 36.7 Å². The van der Waals surface area contributed by atoms with Crippen molar-refractivity contribution in [3.63, 3.8) is 0 Å². The zero-order chi connectivity index (χ0) is 21.9. The molecule has 1 aromatic carbocycles. The van der Waals surface area contributed by atoms with Crippen molar-refractivity contribution in [2.45, 2.75) is 31.3 Å². The standard InChI is InChI=1S/C27H22N6/c1-17-11-15-31-26-25-22(10-5-14-30-25)33(27(17)26)19-7-2-6-18(16-19)32-20-8-3-12-28-23(20)24-21(32)9-4-13-29-24/h2-10,12-17,20,23H,11H2,1H3. The van der Waals surface area contributed by atoms with E-state index in [1.807, 2.05) is 43.0 Å². The van der Waals surface area contributed by atoms with E-state index in [1.54, 1.807) is 0 Å². The molecule has 3 atom stereocenters. The van der Waals surface area contributed by atoms with Crippen LogP contribution in [0.15, 0.2) is 83.1 Å². The fourth-order valence-corrected chi connectivity index (χ4v) is 5.44. The Labute approximate surface area is 191 Å². The molecule has 0 amide bonds. The van der Waals surface area contributed by atoms with Gasteiger partial charge < -0.3 is 9.47 Å². The van der Waals surface area contributed by atoms with Crippen molar-refractivity contribution in [3.8, 4) is 5.69 Å². The number of nitrogens with zero attached hydrogens (tertiary/aromatic N) is 6. The van der Waals surface area contributed by atoms with Crippen LogP contribution in [-0.4, -0.2) is 33.0 Å². The highest BCUT2D eigenvalue weighted by Gasteiger charge is 2.39. The molecule has 160 valence electrons. The molecule has 3 aliphatic rings. The van der Waals surface area contributed by atoms with E-state index >= 15 is 0 Å². The summed E-state index contributed by atoms with van der Waals surface area (Å²) in [6.45, 7) is 2.26. The molecule has 4 aromatic rings. The Morgan fingerprint density at radius 2 is 1.85 bits per heavy atom. The monoisotopic (exact) mass is 430 g/mol. The summed E-state index contributed by atoms with van der Waals surface area (Å²) in [5.74, 6) is 0.368. The lowest BCUT2D eigenvalue weighted by molar-refractivity contribution is 0.654. The first-order chi connectivity index (χ1) is 16.3. The van der Waals surface area contributed by atoms with Crippen LogP contribution in [-0.2, 0) is 0 Å². The molecular formula is C27H22N6. The fraction of sp³-hybridized carbons (Fsp3) is 0.185. The molecule has 3 aromatic heterocycles. The Balaban J connectivity index is 1.43. The molecule has 6 heterocycles. The zero-order valence-corrected chi connectivity index (χ0v) is 18.2. The van der Waals surface area contributed by atoms with E-state index in [0.29, 0.717) is 5.92 Å². The van der Waals surface area contributed by atoms with Gasteiger partial charge in [-0.1, -0.05) is 19.1 Å². The van der Waals surface area contributed by atoms with Gasteiger partial charge in [0.1, 0.15) is 17.2 Å². The second-order valence-corrected chi connectivity index (χ2v) is 8.80. The van der Waals surface area contributed by atoms with Gasteiger partial charge in [-0.15, -0.1) is 0 Å². The van der Waals surface area contributed by atoms with Gasteiger partial charge in [-0.2, -0.15) is 0 Å². The summed E-state index contributed by atoms with van der Waals surface area (Å²) in [5.41, 5.74) is 8.67. The van der Waals surface area contributed by atoms with Crippen LogP contribution in [0, 0.1) is 0 Å². The van der Waals surface area contributed by atoms with Crippen molar-refractivity contribution in [1.82, 2.24) is 14.5 Å². The van der Waals surface area contributed by atoms with Crippen molar-refractivity contribution in [1.29, 1.82) is 0 Å². The van der Waals surface area contributed by atoms with Crippen LogP contribution in [0.25, 0.3) is 16.7 Å². The summed E-state index contributed by atoms with van der Waals surface area (Å²) in [7, 11) is 0. The third-order valence-corrected chi connectivity index (χ3v) is 6.87. The van der Waals surface area contributed by atoms with Crippen LogP contribution >= 0.6 is 0 Å². The molecule has 0 spiro atoms. The number of hydrogen-bond acceptors (Lipinski definition) is 5.